The minimum Gasteiger partial charge on any atom is -0.404 e. The number of rotatable bonds is 3. The molecule has 14 heavy (non-hydrogen) atoms. The highest BCUT2D eigenvalue weighted by atomic mass is 19.4. The summed E-state index contributed by atoms with van der Waals surface area (Å²) < 4.78 is 39.6. The Labute approximate surface area is 79.7 Å². The van der Waals surface area contributed by atoms with Crippen molar-refractivity contribution in [1.82, 2.24) is 4.98 Å². The van der Waals surface area contributed by atoms with E-state index in [1.807, 2.05) is 6.92 Å². The predicted octanol–water partition coefficient (Wildman–Crippen LogP) is 2.93. The van der Waals surface area contributed by atoms with Crippen molar-refractivity contribution >= 4 is 0 Å². The van der Waals surface area contributed by atoms with Crippen LogP contribution in [0, 0.1) is 0 Å². The smallest absolute Gasteiger partial charge is 0.404 e. The minimum absolute atomic E-state index is 0.207. The van der Waals surface area contributed by atoms with E-state index in [-0.39, 0.29) is 5.75 Å². The second-order valence-electron chi connectivity index (χ2n) is 2.75. The van der Waals surface area contributed by atoms with Gasteiger partial charge in [-0.05, 0) is 18.6 Å². The summed E-state index contributed by atoms with van der Waals surface area (Å²) >= 11 is 0. The standard InChI is InChI=1S/C9H10F3NO/c1-2-4-7-8(5-3-6-13-7)14-9(10,11)12/h3,5-6H,2,4H2,1H3. The first-order valence-electron chi connectivity index (χ1n) is 4.22. The normalized spacial score (nSPS) is 11.4. The first-order chi connectivity index (χ1) is 6.53. The molecule has 2 nitrogen and oxygen atoms in total. The predicted molar refractivity (Wildman–Crippen MR) is 44.9 cm³/mol. The maximum absolute atomic E-state index is 11.9. The van der Waals surface area contributed by atoms with E-state index in [0.717, 1.165) is 6.42 Å². The molecule has 0 spiro atoms. The number of ether oxygens (including phenoxy) is 1. The first kappa shape index (κ1) is 10.8. The summed E-state index contributed by atoms with van der Waals surface area (Å²) in [7, 11) is 0. The van der Waals surface area contributed by atoms with E-state index in [4.69, 9.17) is 0 Å². The van der Waals surface area contributed by atoms with Gasteiger partial charge in [0.1, 0.15) is 0 Å². The van der Waals surface area contributed by atoms with Crippen LogP contribution >= 0.6 is 0 Å². The van der Waals surface area contributed by atoms with Crippen molar-refractivity contribution in [2.75, 3.05) is 0 Å². The fourth-order valence-electron chi connectivity index (χ4n) is 1.07. The Balaban J connectivity index is 2.84. The number of alkyl halides is 3. The molecule has 0 bridgehead atoms. The molecule has 0 aromatic carbocycles. The van der Waals surface area contributed by atoms with Gasteiger partial charge in [-0.1, -0.05) is 13.3 Å². The minimum atomic E-state index is -4.65. The van der Waals surface area contributed by atoms with E-state index in [1.54, 1.807) is 0 Å². The van der Waals surface area contributed by atoms with Gasteiger partial charge >= 0.3 is 6.36 Å². The third kappa shape index (κ3) is 3.24. The van der Waals surface area contributed by atoms with E-state index in [1.165, 1.54) is 18.3 Å². The van der Waals surface area contributed by atoms with Crippen LogP contribution in [-0.4, -0.2) is 11.3 Å². The van der Waals surface area contributed by atoms with Crippen molar-refractivity contribution in [2.24, 2.45) is 0 Å². The number of aromatic nitrogens is 1. The molecule has 1 aromatic heterocycles. The van der Waals surface area contributed by atoms with Crippen LogP contribution in [0.25, 0.3) is 0 Å². The van der Waals surface area contributed by atoms with Crippen molar-refractivity contribution in [3.05, 3.63) is 24.0 Å². The Kier molecular flexibility index (Phi) is 3.33. The van der Waals surface area contributed by atoms with Crippen LogP contribution < -0.4 is 4.74 Å². The van der Waals surface area contributed by atoms with Gasteiger partial charge in [0.2, 0.25) is 0 Å². The summed E-state index contributed by atoms with van der Waals surface area (Å²) in [5.41, 5.74) is 0.340. The highest BCUT2D eigenvalue weighted by molar-refractivity contribution is 5.27. The molecule has 1 heterocycles. The molecule has 0 saturated heterocycles. The third-order valence-corrected chi connectivity index (χ3v) is 1.56. The number of aryl methyl sites for hydroxylation is 1. The topological polar surface area (TPSA) is 22.1 Å². The lowest BCUT2D eigenvalue weighted by Gasteiger charge is -2.11. The molecular formula is C9H10F3NO. The lowest BCUT2D eigenvalue weighted by molar-refractivity contribution is -0.275. The third-order valence-electron chi connectivity index (χ3n) is 1.56. The molecule has 0 unspecified atom stereocenters. The quantitative estimate of drug-likeness (QED) is 0.756. The second kappa shape index (κ2) is 4.30. The Morgan fingerprint density at radius 2 is 2.14 bits per heavy atom. The zero-order valence-corrected chi connectivity index (χ0v) is 7.64. The van der Waals surface area contributed by atoms with Crippen LogP contribution in [0.1, 0.15) is 19.0 Å². The first-order valence-corrected chi connectivity index (χ1v) is 4.22. The largest absolute Gasteiger partial charge is 0.573 e. The highest BCUT2D eigenvalue weighted by Crippen LogP contribution is 2.25. The SMILES string of the molecule is CCCc1ncccc1OC(F)(F)F. The molecule has 0 fully saturated rings. The number of hydrogen-bond donors (Lipinski definition) is 0. The van der Waals surface area contributed by atoms with E-state index in [2.05, 4.69) is 9.72 Å². The van der Waals surface area contributed by atoms with Gasteiger partial charge in [0, 0.05) is 6.20 Å². The van der Waals surface area contributed by atoms with Crippen molar-refractivity contribution in [3.63, 3.8) is 0 Å². The van der Waals surface area contributed by atoms with Gasteiger partial charge < -0.3 is 4.74 Å². The lowest BCUT2D eigenvalue weighted by atomic mass is 10.2. The van der Waals surface area contributed by atoms with Gasteiger partial charge in [0.25, 0.3) is 0 Å². The molecule has 0 aliphatic rings. The van der Waals surface area contributed by atoms with Crippen LogP contribution in [0.15, 0.2) is 18.3 Å². The Hall–Kier alpha value is -1.26. The Morgan fingerprint density at radius 3 is 2.71 bits per heavy atom. The van der Waals surface area contributed by atoms with Gasteiger partial charge in [-0.15, -0.1) is 13.2 Å². The average Bonchev–Trinajstić information content (AvgIpc) is 2.06. The van der Waals surface area contributed by atoms with Gasteiger partial charge in [-0.25, -0.2) is 0 Å². The zero-order chi connectivity index (χ0) is 10.6. The summed E-state index contributed by atoms with van der Waals surface area (Å²) in [6, 6.07) is 2.69. The Morgan fingerprint density at radius 1 is 1.43 bits per heavy atom. The number of halogens is 3. The fourth-order valence-corrected chi connectivity index (χ4v) is 1.07. The van der Waals surface area contributed by atoms with Gasteiger partial charge in [-0.2, -0.15) is 0 Å². The molecule has 5 heteroatoms. The maximum Gasteiger partial charge on any atom is 0.573 e. The molecule has 0 aliphatic carbocycles. The molecule has 1 rings (SSSR count). The molecular weight excluding hydrogens is 195 g/mol. The molecule has 0 aliphatic heterocycles. The summed E-state index contributed by atoms with van der Waals surface area (Å²) in [6.45, 7) is 1.87. The fraction of sp³-hybridized carbons (Fsp3) is 0.444. The molecule has 0 N–H and O–H groups in total. The zero-order valence-electron chi connectivity index (χ0n) is 7.64. The molecule has 0 amide bonds. The van der Waals surface area contributed by atoms with Crippen LogP contribution in [0.3, 0.4) is 0 Å². The van der Waals surface area contributed by atoms with Crippen molar-refractivity contribution in [1.29, 1.82) is 0 Å². The van der Waals surface area contributed by atoms with Crippen molar-refractivity contribution < 1.29 is 17.9 Å². The summed E-state index contributed by atoms with van der Waals surface area (Å²) in [5, 5.41) is 0. The molecule has 1 aromatic rings. The summed E-state index contributed by atoms with van der Waals surface area (Å²) in [5.74, 6) is -0.207. The Bertz CT molecular complexity index is 298. The van der Waals surface area contributed by atoms with E-state index >= 15 is 0 Å². The van der Waals surface area contributed by atoms with E-state index in [0.29, 0.717) is 12.1 Å². The van der Waals surface area contributed by atoms with Crippen molar-refractivity contribution in [3.8, 4) is 5.75 Å². The average molecular weight is 205 g/mol. The molecule has 0 saturated carbocycles. The second-order valence-corrected chi connectivity index (χ2v) is 2.75. The number of pyridine rings is 1. The molecule has 0 radical (unpaired) electrons. The monoisotopic (exact) mass is 205 g/mol. The van der Waals surface area contributed by atoms with Crippen LogP contribution in [0.5, 0.6) is 5.75 Å². The van der Waals surface area contributed by atoms with E-state index < -0.39 is 6.36 Å². The number of hydrogen-bond acceptors (Lipinski definition) is 2. The van der Waals surface area contributed by atoms with Crippen LogP contribution in [0.2, 0.25) is 0 Å². The van der Waals surface area contributed by atoms with Crippen molar-refractivity contribution in [2.45, 2.75) is 26.1 Å². The van der Waals surface area contributed by atoms with Crippen LogP contribution in [-0.2, 0) is 6.42 Å². The highest BCUT2D eigenvalue weighted by Gasteiger charge is 2.32. The van der Waals surface area contributed by atoms with Crippen LogP contribution in [0.4, 0.5) is 13.2 Å². The van der Waals surface area contributed by atoms with Gasteiger partial charge in [0.15, 0.2) is 5.75 Å². The van der Waals surface area contributed by atoms with Gasteiger partial charge in [0.05, 0.1) is 5.69 Å². The summed E-state index contributed by atoms with van der Waals surface area (Å²) in [6.07, 6.45) is -1.99. The summed E-state index contributed by atoms with van der Waals surface area (Å²) in [4.78, 5) is 3.83. The van der Waals surface area contributed by atoms with Gasteiger partial charge in [-0.3, -0.25) is 4.98 Å². The lowest BCUT2D eigenvalue weighted by Crippen LogP contribution is -2.18. The maximum atomic E-state index is 11.9. The van der Waals surface area contributed by atoms with E-state index in [9.17, 15) is 13.2 Å². The number of nitrogens with zero attached hydrogens (tertiary/aromatic N) is 1. The molecule has 0 atom stereocenters. The molecule has 78 valence electrons.